The highest BCUT2D eigenvalue weighted by Crippen LogP contribution is 2.36. The summed E-state index contributed by atoms with van der Waals surface area (Å²) in [6.07, 6.45) is 30.8. The summed E-state index contributed by atoms with van der Waals surface area (Å²) in [6, 6.07) is 0. The molecule has 0 rings (SSSR count). The van der Waals surface area contributed by atoms with Crippen molar-refractivity contribution in [2.75, 3.05) is 13.2 Å². The van der Waals surface area contributed by atoms with Gasteiger partial charge in [0.15, 0.2) is 6.10 Å². The van der Waals surface area contributed by atoms with Gasteiger partial charge in [0.2, 0.25) is 0 Å². The van der Waals surface area contributed by atoms with E-state index in [2.05, 4.69) is 30.5 Å². The average Bonchev–Trinajstić information content (AvgIpc) is 2.97. The second kappa shape index (κ2) is 30.8. The first-order valence-electron chi connectivity index (χ1n) is 17.5. The molecule has 0 amide bonds. The Bertz CT molecular complexity index is 721. The highest BCUT2D eigenvalue weighted by Gasteiger charge is 2.22. The Balaban J connectivity index is 3.98. The Morgan fingerprint density at radius 2 is 0.977 bits per heavy atom. The van der Waals surface area contributed by atoms with E-state index < -0.39 is 32.5 Å². The van der Waals surface area contributed by atoms with Crippen molar-refractivity contribution in [3.8, 4) is 0 Å². The molecule has 0 bridgehead atoms. The smallest absolute Gasteiger partial charge is 0.462 e. The van der Waals surface area contributed by atoms with Crippen LogP contribution in [0, 0.1) is 0 Å². The van der Waals surface area contributed by atoms with Gasteiger partial charge in [0.1, 0.15) is 6.61 Å². The standard InChI is InChI=1S/C34H65O8P/c1-3-5-7-9-11-13-15-16-17-18-19-21-22-24-26-28-33(35)40-30-32(31-41-43(37,38)39)42-34(36)29-27-25-23-20-14-12-10-8-6-4-2/h16-17,32H,3-15,18-31H2,1-2H3,(H2,37,38,39)/b17-16+/t32-/m1/s1. The van der Waals surface area contributed by atoms with Gasteiger partial charge in [-0.1, -0.05) is 135 Å². The quantitative estimate of drug-likeness (QED) is 0.0325. The lowest BCUT2D eigenvalue weighted by atomic mass is 10.1. The first-order chi connectivity index (χ1) is 20.8. The molecule has 0 aliphatic rings. The second-order valence-corrected chi connectivity index (χ2v) is 13.1. The van der Waals surface area contributed by atoms with Gasteiger partial charge in [-0.25, -0.2) is 4.57 Å². The summed E-state index contributed by atoms with van der Waals surface area (Å²) in [5.41, 5.74) is 0. The molecule has 0 fully saturated rings. The van der Waals surface area contributed by atoms with Crippen molar-refractivity contribution in [3.05, 3.63) is 12.2 Å². The van der Waals surface area contributed by atoms with Gasteiger partial charge >= 0.3 is 19.8 Å². The lowest BCUT2D eigenvalue weighted by molar-refractivity contribution is -0.161. The molecule has 0 aromatic heterocycles. The molecule has 0 heterocycles. The maximum Gasteiger partial charge on any atom is 0.469 e. The molecule has 0 saturated carbocycles. The number of allylic oxidation sites excluding steroid dienone is 2. The number of carbonyl (C=O) groups excluding carboxylic acids is 2. The summed E-state index contributed by atoms with van der Waals surface area (Å²) in [5, 5.41) is 0. The number of hydrogen-bond acceptors (Lipinski definition) is 6. The molecule has 0 unspecified atom stereocenters. The molecule has 0 spiro atoms. The predicted molar refractivity (Wildman–Crippen MR) is 175 cm³/mol. The lowest BCUT2D eigenvalue weighted by Crippen LogP contribution is -2.29. The molecule has 254 valence electrons. The van der Waals surface area contributed by atoms with Crippen molar-refractivity contribution in [1.82, 2.24) is 0 Å². The number of rotatable bonds is 32. The Kier molecular flexibility index (Phi) is 29.9. The molecule has 0 aliphatic carbocycles. The summed E-state index contributed by atoms with van der Waals surface area (Å²) in [6.45, 7) is 3.64. The zero-order valence-electron chi connectivity index (χ0n) is 27.6. The summed E-state index contributed by atoms with van der Waals surface area (Å²) in [4.78, 5) is 42.5. The third-order valence-electron chi connectivity index (χ3n) is 7.53. The zero-order valence-corrected chi connectivity index (χ0v) is 28.5. The summed E-state index contributed by atoms with van der Waals surface area (Å²) in [7, 11) is -4.74. The van der Waals surface area contributed by atoms with Crippen LogP contribution >= 0.6 is 7.82 Å². The van der Waals surface area contributed by atoms with Crippen LogP contribution in [0.3, 0.4) is 0 Å². The van der Waals surface area contributed by atoms with Crippen LogP contribution in [0.1, 0.15) is 174 Å². The fraction of sp³-hybridized carbons (Fsp3) is 0.882. The fourth-order valence-electron chi connectivity index (χ4n) is 4.90. The largest absolute Gasteiger partial charge is 0.469 e. The van der Waals surface area contributed by atoms with Gasteiger partial charge in [0, 0.05) is 12.8 Å². The van der Waals surface area contributed by atoms with Crippen LogP contribution in [0.5, 0.6) is 0 Å². The molecular formula is C34H65O8P. The van der Waals surface area contributed by atoms with E-state index in [0.29, 0.717) is 6.42 Å². The van der Waals surface area contributed by atoms with Crippen molar-refractivity contribution in [1.29, 1.82) is 0 Å². The minimum atomic E-state index is -4.74. The maximum absolute atomic E-state index is 12.3. The molecule has 1 atom stereocenters. The number of ether oxygens (including phenoxy) is 2. The first kappa shape index (κ1) is 41.8. The molecule has 43 heavy (non-hydrogen) atoms. The molecule has 0 radical (unpaired) electrons. The van der Waals surface area contributed by atoms with E-state index >= 15 is 0 Å². The Hall–Kier alpha value is -1.21. The number of esters is 2. The summed E-state index contributed by atoms with van der Waals surface area (Å²) in [5.74, 6) is -0.892. The van der Waals surface area contributed by atoms with Gasteiger partial charge in [-0.05, 0) is 38.5 Å². The van der Waals surface area contributed by atoms with E-state index in [1.807, 2.05) is 0 Å². The predicted octanol–water partition coefficient (Wildman–Crippen LogP) is 9.90. The lowest BCUT2D eigenvalue weighted by Gasteiger charge is -2.18. The highest BCUT2D eigenvalue weighted by atomic mass is 31.2. The van der Waals surface area contributed by atoms with Crippen LogP contribution in [0.2, 0.25) is 0 Å². The molecule has 0 aromatic rings. The zero-order chi connectivity index (χ0) is 31.9. The Morgan fingerprint density at radius 3 is 1.42 bits per heavy atom. The van der Waals surface area contributed by atoms with Crippen LogP contribution in [0.4, 0.5) is 0 Å². The maximum atomic E-state index is 12.3. The van der Waals surface area contributed by atoms with E-state index in [9.17, 15) is 14.2 Å². The Morgan fingerprint density at radius 1 is 0.581 bits per heavy atom. The van der Waals surface area contributed by atoms with Gasteiger partial charge in [-0.3, -0.25) is 14.1 Å². The Labute approximate surface area is 263 Å². The van der Waals surface area contributed by atoms with E-state index in [4.69, 9.17) is 19.3 Å². The number of carbonyl (C=O) groups is 2. The van der Waals surface area contributed by atoms with Crippen LogP contribution in [0.15, 0.2) is 12.2 Å². The van der Waals surface area contributed by atoms with Crippen molar-refractivity contribution in [2.45, 2.75) is 180 Å². The van der Waals surface area contributed by atoms with Crippen LogP contribution in [0.25, 0.3) is 0 Å². The third kappa shape index (κ3) is 33.5. The number of unbranched alkanes of at least 4 members (excludes halogenated alkanes) is 20. The van der Waals surface area contributed by atoms with E-state index in [-0.39, 0.29) is 19.4 Å². The molecule has 9 heteroatoms. The summed E-state index contributed by atoms with van der Waals surface area (Å²) < 4.78 is 26.2. The van der Waals surface area contributed by atoms with Gasteiger partial charge in [-0.15, -0.1) is 0 Å². The van der Waals surface area contributed by atoms with E-state index in [1.54, 1.807) is 0 Å². The van der Waals surface area contributed by atoms with Crippen LogP contribution in [-0.2, 0) is 28.2 Å². The van der Waals surface area contributed by atoms with Crippen molar-refractivity contribution in [2.24, 2.45) is 0 Å². The van der Waals surface area contributed by atoms with Gasteiger partial charge < -0.3 is 19.3 Å². The topological polar surface area (TPSA) is 119 Å². The summed E-state index contributed by atoms with van der Waals surface area (Å²) >= 11 is 0. The monoisotopic (exact) mass is 632 g/mol. The normalized spacial score (nSPS) is 12.6. The SMILES string of the molecule is CCCCCCCC/C=C/CCCCCCCC(=O)OC[C@H](COP(=O)(O)O)OC(=O)CCCCCCCCCCCC. The van der Waals surface area contributed by atoms with E-state index in [1.165, 1.54) is 83.5 Å². The van der Waals surface area contributed by atoms with Gasteiger partial charge in [0.25, 0.3) is 0 Å². The first-order valence-corrected chi connectivity index (χ1v) is 19.0. The van der Waals surface area contributed by atoms with Crippen molar-refractivity contribution < 1.29 is 37.9 Å². The van der Waals surface area contributed by atoms with Crippen LogP contribution < -0.4 is 0 Å². The number of phosphoric acid groups is 1. The molecule has 2 N–H and O–H groups in total. The molecule has 0 aromatic carbocycles. The highest BCUT2D eigenvalue weighted by molar-refractivity contribution is 7.46. The molecule has 0 aliphatic heterocycles. The fourth-order valence-corrected chi connectivity index (χ4v) is 5.26. The van der Waals surface area contributed by atoms with Gasteiger partial charge in [0.05, 0.1) is 6.61 Å². The van der Waals surface area contributed by atoms with Crippen molar-refractivity contribution >= 4 is 19.8 Å². The minimum absolute atomic E-state index is 0.214. The molecule has 8 nitrogen and oxygen atoms in total. The second-order valence-electron chi connectivity index (χ2n) is 11.8. The van der Waals surface area contributed by atoms with Gasteiger partial charge in [-0.2, -0.15) is 0 Å². The third-order valence-corrected chi connectivity index (χ3v) is 8.02. The number of hydrogen-bond donors (Lipinski definition) is 2. The average molecular weight is 633 g/mol. The number of phosphoric ester groups is 1. The van der Waals surface area contributed by atoms with E-state index in [0.717, 1.165) is 57.8 Å². The molecule has 0 saturated heterocycles. The molecular weight excluding hydrogens is 567 g/mol. The van der Waals surface area contributed by atoms with Crippen LogP contribution in [-0.4, -0.2) is 41.0 Å². The van der Waals surface area contributed by atoms with Crippen molar-refractivity contribution in [3.63, 3.8) is 0 Å². The minimum Gasteiger partial charge on any atom is -0.462 e.